The van der Waals surface area contributed by atoms with Gasteiger partial charge in [0.15, 0.2) is 0 Å². The maximum Gasteiger partial charge on any atom is 0.429 e. The van der Waals surface area contributed by atoms with Crippen molar-refractivity contribution >= 4 is 28.1 Å². The van der Waals surface area contributed by atoms with E-state index in [1.165, 1.54) is 0 Å². The largest absolute Gasteiger partial charge is 0.464 e. The van der Waals surface area contributed by atoms with E-state index in [1.54, 1.807) is 30.3 Å². The Labute approximate surface area is 120 Å². The molecule has 0 saturated carbocycles. The van der Waals surface area contributed by atoms with Gasteiger partial charge < -0.3 is 5.11 Å². The van der Waals surface area contributed by atoms with Crippen LogP contribution in [0.1, 0.15) is 12.5 Å². The van der Waals surface area contributed by atoms with Crippen molar-refractivity contribution in [3.63, 3.8) is 0 Å². The summed E-state index contributed by atoms with van der Waals surface area (Å²) in [6.45, 7) is 0.966. The Balaban J connectivity index is 2.46. The molecule has 0 spiro atoms. The fourth-order valence-corrected chi connectivity index (χ4v) is 3.71. The highest BCUT2D eigenvalue weighted by Crippen LogP contribution is 2.26. The average molecular weight is 312 g/mol. The van der Waals surface area contributed by atoms with Crippen LogP contribution >= 0.6 is 0 Å². The summed E-state index contributed by atoms with van der Waals surface area (Å²) in [6.07, 6.45) is -2.01. The number of rotatable bonds is 2. The van der Waals surface area contributed by atoms with Gasteiger partial charge in [0.2, 0.25) is 5.91 Å². The van der Waals surface area contributed by atoms with E-state index in [4.69, 9.17) is 5.11 Å². The predicted molar refractivity (Wildman–Crippen MR) is 70.2 cm³/mol. The minimum Gasteiger partial charge on any atom is -0.464 e. The van der Waals surface area contributed by atoms with E-state index in [0.29, 0.717) is 9.87 Å². The molecule has 8 nitrogen and oxygen atoms in total. The van der Waals surface area contributed by atoms with Crippen LogP contribution in [-0.4, -0.2) is 46.1 Å². The maximum atomic E-state index is 12.1. The smallest absolute Gasteiger partial charge is 0.429 e. The predicted octanol–water partition coefficient (Wildman–Crippen LogP) is 0.211. The molecule has 1 aromatic rings. The second-order valence-electron chi connectivity index (χ2n) is 4.41. The Morgan fingerprint density at radius 1 is 1.24 bits per heavy atom. The maximum absolute atomic E-state index is 12.1. The first-order valence-corrected chi connectivity index (χ1v) is 7.32. The Kier molecular flexibility index (Phi) is 3.69. The van der Waals surface area contributed by atoms with Crippen LogP contribution in [0.4, 0.5) is 4.79 Å². The van der Waals surface area contributed by atoms with Crippen molar-refractivity contribution < 1.29 is 27.9 Å². The van der Waals surface area contributed by atoms with Crippen molar-refractivity contribution in [2.75, 3.05) is 0 Å². The first-order chi connectivity index (χ1) is 9.76. The van der Waals surface area contributed by atoms with E-state index >= 15 is 0 Å². The van der Waals surface area contributed by atoms with Gasteiger partial charge in [0.25, 0.3) is 5.91 Å². The average Bonchev–Trinajstić information content (AvgIpc) is 2.57. The van der Waals surface area contributed by atoms with Crippen molar-refractivity contribution in [1.29, 1.82) is 0 Å². The summed E-state index contributed by atoms with van der Waals surface area (Å²) in [7, 11) is -4.68. The van der Waals surface area contributed by atoms with Crippen molar-refractivity contribution in [1.82, 2.24) is 8.61 Å². The fourth-order valence-electron chi connectivity index (χ4n) is 2.18. The Morgan fingerprint density at radius 3 is 2.29 bits per heavy atom. The molecule has 3 amide bonds. The highest BCUT2D eigenvalue weighted by Gasteiger charge is 2.55. The SMILES string of the molecule is CC(=O)N1[C@@H](Cc2ccccc2)C(=O)N(C(=O)O)S1(=O)=O. The second kappa shape index (κ2) is 5.17. The molecule has 0 aliphatic carbocycles. The summed E-state index contributed by atoms with van der Waals surface area (Å²) in [5, 5.41) is 8.89. The standard InChI is InChI=1S/C12H12N2O6S/c1-8(15)13-10(7-9-5-3-2-4-6-9)11(16)14(12(17)18)21(13,19)20/h2-6,10H,7H2,1H3,(H,17,18)/t10-/m0/s1. The minimum absolute atomic E-state index is 0.0811. The number of benzene rings is 1. The van der Waals surface area contributed by atoms with Crippen LogP contribution < -0.4 is 0 Å². The second-order valence-corrected chi connectivity index (χ2v) is 6.07. The first-order valence-electron chi connectivity index (χ1n) is 5.92. The van der Waals surface area contributed by atoms with E-state index in [9.17, 15) is 22.8 Å². The van der Waals surface area contributed by atoms with Crippen LogP contribution in [0.5, 0.6) is 0 Å². The number of hydrogen-bond acceptors (Lipinski definition) is 5. The lowest BCUT2D eigenvalue weighted by Crippen LogP contribution is -2.41. The zero-order valence-corrected chi connectivity index (χ0v) is 11.8. The van der Waals surface area contributed by atoms with Gasteiger partial charge >= 0.3 is 16.3 Å². The van der Waals surface area contributed by atoms with Crippen LogP contribution in [0.25, 0.3) is 0 Å². The first kappa shape index (κ1) is 15.0. The minimum atomic E-state index is -4.68. The van der Waals surface area contributed by atoms with Gasteiger partial charge in [-0.15, -0.1) is 4.31 Å². The number of hydrogen-bond donors (Lipinski definition) is 1. The van der Waals surface area contributed by atoms with Gasteiger partial charge in [0, 0.05) is 13.3 Å². The van der Waals surface area contributed by atoms with E-state index in [2.05, 4.69) is 0 Å². The summed E-state index contributed by atoms with van der Waals surface area (Å²) in [5.74, 6) is -2.06. The van der Waals surface area contributed by atoms with Crippen LogP contribution in [0.15, 0.2) is 30.3 Å². The molecule has 1 aliphatic heterocycles. The van der Waals surface area contributed by atoms with Crippen LogP contribution in [0.2, 0.25) is 0 Å². The molecule has 0 radical (unpaired) electrons. The zero-order chi connectivity index (χ0) is 15.8. The third kappa shape index (κ3) is 2.47. The molecule has 0 aromatic heterocycles. The third-order valence-electron chi connectivity index (χ3n) is 3.00. The van der Waals surface area contributed by atoms with Gasteiger partial charge in [-0.25, -0.2) is 9.10 Å². The molecule has 9 heteroatoms. The van der Waals surface area contributed by atoms with Crippen LogP contribution in [0.3, 0.4) is 0 Å². The number of carboxylic acid groups (broad SMARTS) is 1. The molecule has 1 heterocycles. The molecule has 1 N–H and O–H groups in total. The number of amides is 3. The van der Waals surface area contributed by atoms with Crippen LogP contribution in [-0.2, 0) is 26.2 Å². The molecular formula is C12H12N2O6S. The highest BCUT2D eigenvalue weighted by atomic mass is 32.2. The number of carbonyl (C=O) groups is 3. The van der Waals surface area contributed by atoms with Crippen LogP contribution in [0, 0.1) is 0 Å². The normalized spacial score (nSPS) is 20.6. The van der Waals surface area contributed by atoms with Gasteiger partial charge in [-0.1, -0.05) is 30.3 Å². The molecule has 1 atom stereocenters. The summed E-state index contributed by atoms with van der Waals surface area (Å²) in [6, 6.07) is 7.05. The van der Waals surface area contributed by atoms with Crippen molar-refractivity contribution in [2.45, 2.75) is 19.4 Å². The van der Waals surface area contributed by atoms with E-state index in [-0.39, 0.29) is 10.7 Å². The molecule has 21 heavy (non-hydrogen) atoms. The van der Waals surface area contributed by atoms with E-state index in [0.717, 1.165) is 6.92 Å². The molecule has 2 rings (SSSR count). The lowest BCUT2D eigenvalue weighted by atomic mass is 10.1. The van der Waals surface area contributed by atoms with Crippen molar-refractivity contribution in [3.8, 4) is 0 Å². The number of imide groups is 1. The highest BCUT2D eigenvalue weighted by molar-refractivity contribution is 7.89. The number of nitrogens with zero attached hydrogens (tertiary/aromatic N) is 2. The molecule has 0 bridgehead atoms. The molecular weight excluding hydrogens is 300 g/mol. The molecule has 0 unspecified atom stereocenters. The summed E-state index contributed by atoms with van der Waals surface area (Å²) in [5.41, 5.74) is 0.615. The zero-order valence-electron chi connectivity index (χ0n) is 11.0. The topological polar surface area (TPSA) is 112 Å². The van der Waals surface area contributed by atoms with Gasteiger partial charge in [0.1, 0.15) is 6.04 Å². The van der Waals surface area contributed by atoms with Crippen molar-refractivity contribution in [2.24, 2.45) is 0 Å². The van der Waals surface area contributed by atoms with Gasteiger partial charge in [-0.2, -0.15) is 8.42 Å². The molecule has 1 saturated heterocycles. The lowest BCUT2D eigenvalue weighted by Gasteiger charge is -2.18. The monoisotopic (exact) mass is 312 g/mol. The molecule has 1 fully saturated rings. The van der Waals surface area contributed by atoms with Gasteiger partial charge in [0.05, 0.1) is 0 Å². The van der Waals surface area contributed by atoms with E-state index in [1.807, 2.05) is 0 Å². The van der Waals surface area contributed by atoms with Crippen molar-refractivity contribution in [3.05, 3.63) is 35.9 Å². The summed E-state index contributed by atoms with van der Waals surface area (Å²) >= 11 is 0. The third-order valence-corrected chi connectivity index (χ3v) is 4.81. The van der Waals surface area contributed by atoms with E-state index < -0.39 is 34.2 Å². The number of carbonyl (C=O) groups excluding carboxylic acids is 2. The van der Waals surface area contributed by atoms with Gasteiger partial charge in [-0.05, 0) is 5.56 Å². The quantitative estimate of drug-likeness (QED) is 0.835. The lowest BCUT2D eigenvalue weighted by molar-refractivity contribution is -0.132. The fraction of sp³-hybridized carbons (Fsp3) is 0.250. The summed E-state index contributed by atoms with van der Waals surface area (Å²) in [4.78, 5) is 34.6. The Morgan fingerprint density at radius 2 is 1.81 bits per heavy atom. The summed E-state index contributed by atoms with van der Waals surface area (Å²) < 4.78 is 24.1. The van der Waals surface area contributed by atoms with Gasteiger partial charge in [-0.3, -0.25) is 9.59 Å². The Bertz CT molecular complexity index is 700. The molecule has 1 aromatic carbocycles. The Hall–Kier alpha value is -2.42. The molecule has 112 valence electrons. The molecule has 1 aliphatic rings.